The zero-order chi connectivity index (χ0) is 24.0. The number of sulfone groups is 1. The van der Waals surface area contributed by atoms with Crippen molar-refractivity contribution in [2.75, 3.05) is 11.5 Å². The van der Waals surface area contributed by atoms with Gasteiger partial charge in [-0.2, -0.15) is 5.10 Å². The molecule has 1 fully saturated rings. The highest BCUT2D eigenvalue weighted by atomic mass is 32.2. The molecule has 3 aromatic rings. The Morgan fingerprint density at radius 3 is 2.67 bits per heavy atom. The van der Waals surface area contributed by atoms with E-state index in [1.807, 2.05) is 6.92 Å². The van der Waals surface area contributed by atoms with Gasteiger partial charge in [0.05, 0.1) is 40.0 Å². The third-order valence-electron chi connectivity index (χ3n) is 5.53. The number of ether oxygens (including phenoxy) is 1. The van der Waals surface area contributed by atoms with E-state index in [1.165, 1.54) is 6.92 Å². The zero-order valence-electron chi connectivity index (χ0n) is 18.6. The van der Waals surface area contributed by atoms with E-state index < -0.39 is 33.7 Å². The molecule has 0 radical (unpaired) electrons. The second-order valence-electron chi connectivity index (χ2n) is 8.66. The maximum Gasteiger partial charge on any atom is 0.251 e. The van der Waals surface area contributed by atoms with Gasteiger partial charge in [-0.1, -0.05) is 13.0 Å². The number of benzene rings is 2. The molecule has 2 aromatic carbocycles. The molecule has 1 saturated heterocycles. The average molecular weight is 476 g/mol. The number of amides is 1. The number of rotatable bonds is 7. The van der Waals surface area contributed by atoms with Crippen molar-refractivity contribution in [2.45, 2.75) is 45.2 Å². The fourth-order valence-electron chi connectivity index (χ4n) is 4.14. The molecule has 1 unspecified atom stereocenters. The zero-order valence-corrected chi connectivity index (χ0v) is 19.4. The molecule has 0 bridgehead atoms. The van der Waals surface area contributed by atoms with Crippen LogP contribution in [-0.4, -0.2) is 52.6 Å². The number of hydrogen-bond acceptors (Lipinski definition) is 6. The number of carbonyl (C=O) groups excluding carboxylic acids is 1. The molecule has 0 spiro atoms. The van der Waals surface area contributed by atoms with E-state index in [0.717, 1.165) is 0 Å². The van der Waals surface area contributed by atoms with Gasteiger partial charge in [0.1, 0.15) is 5.75 Å². The molecule has 1 aliphatic rings. The second-order valence-corrected chi connectivity index (χ2v) is 10.7. The molecule has 2 heterocycles. The van der Waals surface area contributed by atoms with Crippen molar-refractivity contribution in [2.24, 2.45) is 0 Å². The van der Waals surface area contributed by atoms with Gasteiger partial charge < -0.3 is 15.2 Å². The van der Waals surface area contributed by atoms with Crippen LogP contribution in [0, 0.1) is 0 Å². The fourth-order valence-corrected chi connectivity index (χ4v) is 6.14. The van der Waals surface area contributed by atoms with Crippen molar-refractivity contribution >= 4 is 26.6 Å². The summed E-state index contributed by atoms with van der Waals surface area (Å²) in [6, 6.07) is 11.8. The fraction of sp³-hybridized carbons (Fsp3) is 0.391. The van der Waals surface area contributed by atoms with Crippen molar-refractivity contribution < 1.29 is 27.4 Å². The SMILES string of the molecule is CC[C@H](O)c1nn(-c2cccc(OC(C)F)c2)c2ccc(C(=O)NC3(C)CS(=O)(=O)C3)cc12. The number of aliphatic hydroxyl groups excluding tert-OH is 1. The number of alkyl halides is 1. The van der Waals surface area contributed by atoms with Crippen molar-refractivity contribution in [1.29, 1.82) is 0 Å². The molecule has 10 heteroatoms. The Hall–Kier alpha value is -2.98. The molecule has 4 rings (SSSR count). The van der Waals surface area contributed by atoms with Gasteiger partial charge in [0.2, 0.25) is 6.36 Å². The third kappa shape index (κ3) is 4.72. The molecular weight excluding hydrogens is 449 g/mol. The van der Waals surface area contributed by atoms with Gasteiger partial charge in [-0.25, -0.2) is 17.5 Å². The van der Waals surface area contributed by atoms with E-state index in [1.54, 1.807) is 54.1 Å². The monoisotopic (exact) mass is 475 g/mol. The first kappa shape index (κ1) is 23.2. The summed E-state index contributed by atoms with van der Waals surface area (Å²) < 4.78 is 43.1. The van der Waals surface area contributed by atoms with Gasteiger partial charge in [0, 0.05) is 23.9 Å². The Balaban J connectivity index is 1.73. The lowest BCUT2D eigenvalue weighted by Crippen LogP contribution is -2.63. The van der Waals surface area contributed by atoms with Crippen LogP contribution in [0.4, 0.5) is 4.39 Å². The van der Waals surface area contributed by atoms with Crippen LogP contribution in [0.5, 0.6) is 5.75 Å². The summed E-state index contributed by atoms with van der Waals surface area (Å²) in [6.45, 7) is 4.81. The van der Waals surface area contributed by atoms with Crippen LogP contribution in [0.3, 0.4) is 0 Å². The molecule has 176 valence electrons. The summed E-state index contributed by atoms with van der Waals surface area (Å²) in [5.74, 6) is -0.252. The minimum absolute atomic E-state index is 0.0956. The molecular formula is C23H26FN3O5S. The van der Waals surface area contributed by atoms with Crippen LogP contribution < -0.4 is 10.1 Å². The van der Waals surface area contributed by atoms with E-state index in [9.17, 15) is 22.7 Å². The Kier molecular flexibility index (Phi) is 5.92. The summed E-state index contributed by atoms with van der Waals surface area (Å²) in [5, 5.41) is 18.5. The first-order valence-electron chi connectivity index (χ1n) is 10.6. The van der Waals surface area contributed by atoms with Gasteiger partial charge in [0.25, 0.3) is 5.91 Å². The van der Waals surface area contributed by atoms with Crippen LogP contribution >= 0.6 is 0 Å². The topological polar surface area (TPSA) is 111 Å². The summed E-state index contributed by atoms with van der Waals surface area (Å²) in [7, 11) is -3.11. The first-order valence-corrected chi connectivity index (χ1v) is 12.5. The van der Waals surface area contributed by atoms with Gasteiger partial charge >= 0.3 is 0 Å². The molecule has 2 atom stereocenters. The number of aromatic nitrogens is 2. The number of fused-ring (bicyclic) bond motifs is 1. The molecule has 2 N–H and O–H groups in total. The molecule has 0 aliphatic carbocycles. The number of carbonyl (C=O) groups is 1. The minimum atomic E-state index is -3.11. The van der Waals surface area contributed by atoms with Gasteiger partial charge in [-0.3, -0.25) is 4.79 Å². The Morgan fingerprint density at radius 1 is 1.30 bits per heavy atom. The lowest BCUT2D eigenvalue weighted by atomic mass is 10.0. The Labute approximate surface area is 191 Å². The predicted octanol–water partition coefficient (Wildman–Crippen LogP) is 3.08. The number of hydrogen-bond donors (Lipinski definition) is 2. The van der Waals surface area contributed by atoms with E-state index in [0.29, 0.717) is 40.0 Å². The van der Waals surface area contributed by atoms with Crippen LogP contribution in [0.2, 0.25) is 0 Å². The molecule has 1 amide bonds. The van der Waals surface area contributed by atoms with E-state index in [-0.39, 0.29) is 11.5 Å². The first-order chi connectivity index (χ1) is 15.5. The van der Waals surface area contributed by atoms with Crippen molar-refractivity contribution in [3.8, 4) is 11.4 Å². The van der Waals surface area contributed by atoms with Gasteiger partial charge in [-0.05, 0) is 43.7 Å². The van der Waals surface area contributed by atoms with E-state index >= 15 is 0 Å². The number of aliphatic hydroxyl groups is 1. The Bertz CT molecular complexity index is 1310. The van der Waals surface area contributed by atoms with Crippen molar-refractivity contribution in [1.82, 2.24) is 15.1 Å². The van der Waals surface area contributed by atoms with Crippen molar-refractivity contribution in [3.63, 3.8) is 0 Å². The summed E-state index contributed by atoms with van der Waals surface area (Å²) in [4.78, 5) is 12.8. The number of halogens is 1. The highest BCUT2D eigenvalue weighted by Crippen LogP contribution is 2.30. The van der Waals surface area contributed by atoms with Gasteiger partial charge in [0.15, 0.2) is 9.84 Å². The molecule has 0 saturated carbocycles. The quantitative estimate of drug-likeness (QED) is 0.543. The lowest BCUT2D eigenvalue weighted by Gasteiger charge is -2.38. The van der Waals surface area contributed by atoms with E-state index in [2.05, 4.69) is 10.4 Å². The number of nitrogens with one attached hydrogen (secondary N) is 1. The van der Waals surface area contributed by atoms with Crippen LogP contribution in [-0.2, 0) is 9.84 Å². The van der Waals surface area contributed by atoms with Crippen LogP contribution in [0.1, 0.15) is 49.3 Å². The predicted molar refractivity (Wildman–Crippen MR) is 122 cm³/mol. The third-order valence-corrected chi connectivity index (χ3v) is 7.68. The second kappa shape index (κ2) is 8.42. The smallest absolute Gasteiger partial charge is 0.251 e. The highest BCUT2D eigenvalue weighted by Gasteiger charge is 2.45. The molecule has 8 nitrogen and oxygen atoms in total. The Morgan fingerprint density at radius 2 is 2.03 bits per heavy atom. The minimum Gasteiger partial charge on any atom is -0.461 e. The van der Waals surface area contributed by atoms with Crippen molar-refractivity contribution in [3.05, 3.63) is 53.7 Å². The maximum atomic E-state index is 13.3. The standard InChI is InChI=1S/C23H26FN3O5S/c1-4-20(28)21-18-10-15(22(29)25-23(3)12-33(30,31)13-23)8-9-19(18)27(26-21)16-6-5-7-17(11-16)32-14(2)24/h5-11,14,20,28H,4,12-13H2,1-3H3,(H,25,29)/t14?,20-/m0/s1. The summed E-state index contributed by atoms with van der Waals surface area (Å²) >= 11 is 0. The lowest BCUT2D eigenvalue weighted by molar-refractivity contribution is 0.0859. The normalized spacial score (nSPS) is 18.3. The highest BCUT2D eigenvalue weighted by molar-refractivity contribution is 7.93. The number of nitrogens with zero attached hydrogens (tertiary/aromatic N) is 2. The maximum absolute atomic E-state index is 13.3. The molecule has 33 heavy (non-hydrogen) atoms. The molecule has 1 aliphatic heterocycles. The average Bonchev–Trinajstić information content (AvgIpc) is 3.10. The van der Waals surface area contributed by atoms with Crippen LogP contribution in [0.15, 0.2) is 42.5 Å². The summed E-state index contributed by atoms with van der Waals surface area (Å²) in [5.41, 5.74) is 1.20. The van der Waals surface area contributed by atoms with E-state index in [4.69, 9.17) is 4.74 Å². The van der Waals surface area contributed by atoms with Crippen LogP contribution in [0.25, 0.3) is 16.6 Å². The largest absolute Gasteiger partial charge is 0.461 e. The summed E-state index contributed by atoms with van der Waals surface area (Å²) in [6.07, 6.45) is -1.91. The molecule has 1 aromatic heterocycles. The van der Waals surface area contributed by atoms with Gasteiger partial charge in [-0.15, -0.1) is 0 Å².